The molecule has 0 aromatic heterocycles. The molecule has 0 aliphatic carbocycles. The Morgan fingerprint density at radius 2 is 1.65 bits per heavy atom. The van der Waals surface area contributed by atoms with Gasteiger partial charge in [0.15, 0.2) is 0 Å². The van der Waals surface area contributed by atoms with E-state index in [1.54, 1.807) is 0 Å². The lowest BCUT2D eigenvalue weighted by atomic mass is 9.72. The van der Waals surface area contributed by atoms with Crippen molar-refractivity contribution >= 4 is 17.6 Å². The molecule has 2 aromatic carbocycles. The van der Waals surface area contributed by atoms with Crippen molar-refractivity contribution in [2.75, 3.05) is 26.2 Å². The monoisotopic (exact) mass is 371 g/mol. The molecule has 1 aliphatic heterocycles. The Morgan fingerprint density at radius 1 is 1.08 bits per heavy atom. The van der Waals surface area contributed by atoms with Gasteiger partial charge in [0, 0.05) is 6.54 Å². The molecule has 2 aromatic rings. The summed E-state index contributed by atoms with van der Waals surface area (Å²) >= 11 is 6.61. The molecule has 1 unspecified atom stereocenters. The minimum absolute atomic E-state index is 0.0389. The quantitative estimate of drug-likeness (QED) is 0.550. The number of carbonyl (C=O) groups excluding carboxylic acids is 1. The zero-order valence-electron chi connectivity index (χ0n) is 15.2. The van der Waals surface area contributed by atoms with Crippen LogP contribution >= 0.6 is 11.6 Å². The lowest BCUT2D eigenvalue weighted by Crippen LogP contribution is -2.48. The number of alkyl halides is 1. The van der Waals surface area contributed by atoms with Gasteiger partial charge in [0.2, 0.25) is 0 Å². The summed E-state index contributed by atoms with van der Waals surface area (Å²) in [5.41, 5.74) is 1.66. The summed E-state index contributed by atoms with van der Waals surface area (Å²) in [7, 11) is 0. The molecule has 0 bridgehead atoms. The predicted molar refractivity (Wildman–Crippen MR) is 105 cm³/mol. The fourth-order valence-electron chi connectivity index (χ4n) is 3.75. The molecule has 1 atom stereocenters. The Bertz CT molecular complexity index is 697. The second kappa shape index (κ2) is 8.70. The highest BCUT2D eigenvalue weighted by Gasteiger charge is 2.44. The molecule has 26 heavy (non-hydrogen) atoms. The Labute approximate surface area is 160 Å². The van der Waals surface area contributed by atoms with Gasteiger partial charge in [-0.3, -0.25) is 4.79 Å². The van der Waals surface area contributed by atoms with Gasteiger partial charge in [-0.05, 0) is 44.0 Å². The minimum Gasteiger partial charge on any atom is -0.465 e. The first-order valence-corrected chi connectivity index (χ1v) is 9.73. The normalized spacial score (nSPS) is 18.2. The van der Waals surface area contributed by atoms with Crippen LogP contribution in [0, 0.1) is 0 Å². The third-order valence-corrected chi connectivity index (χ3v) is 5.67. The van der Waals surface area contributed by atoms with Crippen molar-refractivity contribution in [3.05, 3.63) is 71.8 Å². The van der Waals surface area contributed by atoms with Gasteiger partial charge in [0.25, 0.3) is 0 Å². The van der Waals surface area contributed by atoms with E-state index < -0.39 is 5.41 Å². The number of carbonyl (C=O) groups is 1. The molecule has 3 rings (SSSR count). The van der Waals surface area contributed by atoms with E-state index in [1.165, 1.54) is 0 Å². The highest BCUT2D eigenvalue weighted by Crippen LogP contribution is 2.37. The van der Waals surface area contributed by atoms with Gasteiger partial charge in [0.1, 0.15) is 0 Å². The average molecular weight is 372 g/mol. The van der Waals surface area contributed by atoms with Gasteiger partial charge in [-0.25, -0.2) is 0 Å². The topological polar surface area (TPSA) is 29.5 Å². The molecule has 0 N–H and O–H groups in total. The summed E-state index contributed by atoms with van der Waals surface area (Å²) in [6, 6.07) is 20.2. The Hall–Kier alpha value is -1.84. The molecule has 1 heterocycles. The predicted octanol–water partition coefficient (Wildman–Crippen LogP) is 4.56. The van der Waals surface area contributed by atoms with Gasteiger partial charge in [-0.15, -0.1) is 11.6 Å². The second-order valence-electron chi connectivity index (χ2n) is 6.85. The third-order valence-electron chi connectivity index (χ3n) is 5.28. The number of rotatable bonds is 6. The van der Waals surface area contributed by atoms with Gasteiger partial charge in [0.05, 0.1) is 17.4 Å². The van der Waals surface area contributed by atoms with Crippen LogP contribution in [-0.4, -0.2) is 37.1 Å². The van der Waals surface area contributed by atoms with Crippen molar-refractivity contribution in [3.8, 4) is 0 Å². The van der Waals surface area contributed by atoms with E-state index in [0.29, 0.717) is 6.61 Å². The van der Waals surface area contributed by atoms with Gasteiger partial charge >= 0.3 is 5.97 Å². The second-order valence-corrected chi connectivity index (χ2v) is 7.37. The van der Waals surface area contributed by atoms with Crippen LogP contribution in [-0.2, 0) is 14.9 Å². The van der Waals surface area contributed by atoms with Crippen LogP contribution in [0.2, 0.25) is 0 Å². The number of nitrogens with zero attached hydrogens (tertiary/aromatic N) is 1. The van der Waals surface area contributed by atoms with E-state index in [9.17, 15) is 4.79 Å². The zero-order chi connectivity index (χ0) is 18.4. The lowest BCUT2D eigenvalue weighted by Gasteiger charge is -2.40. The van der Waals surface area contributed by atoms with Crippen LogP contribution in [0.15, 0.2) is 60.7 Å². The first-order valence-electron chi connectivity index (χ1n) is 9.30. The number of benzene rings is 2. The van der Waals surface area contributed by atoms with Crippen LogP contribution in [0.4, 0.5) is 0 Å². The zero-order valence-corrected chi connectivity index (χ0v) is 16.0. The summed E-state index contributed by atoms with van der Waals surface area (Å²) < 4.78 is 5.44. The van der Waals surface area contributed by atoms with Gasteiger partial charge < -0.3 is 9.64 Å². The van der Waals surface area contributed by atoms with E-state index in [4.69, 9.17) is 16.3 Å². The van der Waals surface area contributed by atoms with Crippen LogP contribution in [0.3, 0.4) is 0 Å². The van der Waals surface area contributed by atoms with Crippen molar-refractivity contribution in [3.63, 3.8) is 0 Å². The van der Waals surface area contributed by atoms with E-state index in [1.807, 2.05) is 55.5 Å². The molecule has 0 amide bonds. The molecular weight excluding hydrogens is 346 g/mol. The molecule has 1 fully saturated rings. The van der Waals surface area contributed by atoms with Crippen LogP contribution < -0.4 is 0 Å². The summed E-state index contributed by atoms with van der Waals surface area (Å²) in [6.45, 7) is 4.74. The Balaban J connectivity index is 1.70. The maximum absolute atomic E-state index is 12.8. The summed E-state index contributed by atoms with van der Waals surface area (Å²) in [5, 5.41) is -0.0389. The smallest absolute Gasteiger partial charge is 0.316 e. The standard InChI is InChI=1S/C22H26ClNO2/c1-2-26-21(25)22(19-11-7-4-8-12-19)13-15-24(16-14-22)17-20(23)18-9-5-3-6-10-18/h3-12,20H,2,13-17H2,1H3. The highest BCUT2D eigenvalue weighted by molar-refractivity contribution is 6.21. The average Bonchev–Trinajstić information content (AvgIpc) is 2.70. The number of hydrogen-bond donors (Lipinski definition) is 0. The summed E-state index contributed by atoms with van der Waals surface area (Å²) in [5.74, 6) is -0.101. The van der Waals surface area contributed by atoms with Crippen molar-refractivity contribution < 1.29 is 9.53 Å². The molecule has 0 spiro atoms. The Morgan fingerprint density at radius 3 is 2.23 bits per heavy atom. The maximum atomic E-state index is 12.8. The van der Waals surface area contributed by atoms with Crippen molar-refractivity contribution in [2.24, 2.45) is 0 Å². The summed E-state index contributed by atoms with van der Waals surface area (Å²) in [6.07, 6.45) is 1.52. The van der Waals surface area contributed by atoms with Crippen molar-refractivity contribution in [1.29, 1.82) is 0 Å². The number of ether oxygens (including phenoxy) is 1. The number of hydrogen-bond acceptors (Lipinski definition) is 3. The number of halogens is 1. The molecule has 0 saturated carbocycles. The fourth-order valence-corrected chi connectivity index (χ4v) is 4.09. The molecule has 1 aliphatic rings. The van der Waals surface area contributed by atoms with Crippen LogP contribution in [0.1, 0.15) is 36.3 Å². The molecule has 4 heteroatoms. The third kappa shape index (κ3) is 4.11. The van der Waals surface area contributed by atoms with E-state index >= 15 is 0 Å². The van der Waals surface area contributed by atoms with E-state index in [-0.39, 0.29) is 11.3 Å². The van der Waals surface area contributed by atoms with Crippen molar-refractivity contribution in [2.45, 2.75) is 30.6 Å². The molecule has 0 radical (unpaired) electrons. The van der Waals surface area contributed by atoms with E-state index in [2.05, 4.69) is 17.0 Å². The SMILES string of the molecule is CCOC(=O)C1(c2ccccc2)CCN(CC(Cl)c2ccccc2)CC1. The van der Waals surface area contributed by atoms with Crippen LogP contribution in [0.5, 0.6) is 0 Å². The van der Waals surface area contributed by atoms with Crippen molar-refractivity contribution in [1.82, 2.24) is 4.90 Å². The van der Waals surface area contributed by atoms with Crippen LogP contribution in [0.25, 0.3) is 0 Å². The number of likely N-dealkylation sites (tertiary alicyclic amines) is 1. The molecular formula is C22H26ClNO2. The Kier molecular flexibility index (Phi) is 6.33. The number of piperidine rings is 1. The summed E-state index contributed by atoms with van der Waals surface area (Å²) in [4.78, 5) is 15.2. The van der Waals surface area contributed by atoms with Gasteiger partial charge in [-0.1, -0.05) is 60.7 Å². The largest absolute Gasteiger partial charge is 0.465 e. The minimum atomic E-state index is -0.539. The maximum Gasteiger partial charge on any atom is 0.316 e. The molecule has 3 nitrogen and oxygen atoms in total. The molecule has 138 valence electrons. The molecule has 1 saturated heterocycles. The van der Waals surface area contributed by atoms with Gasteiger partial charge in [-0.2, -0.15) is 0 Å². The highest BCUT2D eigenvalue weighted by atomic mass is 35.5. The first kappa shape index (κ1) is 18.9. The fraction of sp³-hybridized carbons (Fsp3) is 0.409. The first-order chi connectivity index (χ1) is 12.7. The van der Waals surface area contributed by atoms with E-state index in [0.717, 1.165) is 43.6 Å². The number of esters is 1. The lowest BCUT2D eigenvalue weighted by molar-refractivity contribution is -0.152.